The highest BCUT2D eigenvalue weighted by Gasteiger charge is 2.27. The van der Waals surface area contributed by atoms with Gasteiger partial charge < -0.3 is 5.11 Å². The Balaban J connectivity index is 2.50. The number of nitrogens with zero attached hydrogens (tertiary/aromatic N) is 1. The van der Waals surface area contributed by atoms with E-state index in [0.29, 0.717) is 5.01 Å². The standard InChI is InChI=1S/C8H14N2O3/c9-10(8(12)13)7(11)6-4-2-1-3-5-6/h6H,1-5,9H2,(H,12,13). The topological polar surface area (TPSA) is 83.6 Å². The van der Waals surface area contributed by atoms with Crippen LogP contribution in [0.15, 0.2) is 0 Å². The first-order valence-electron chi connectivity index (χ1n) is 4.44. The molecule has 1 aliphatic rings. The summed E-state index contributed by atoms with van der Waals surface area (Å²) in [5.41, 5.74) is 0. The molecule has 0 aliphatic heterocycles. The van der Waals surface area contributed by atoms with Crippen LogP contribution in [-0.4, -0.2) is 22.1 Å². The maximum atomic E-state index is 11.4. The van der Waals surface area contributed by atoms with E-state index < -0.39 is 12.0 Å². The molecule has 1 aliphatic carbocycles. The normalized spacial score (nSPS) is 18.2. The molecule has 0 heterocycles. The molecule has 1 rings (SSSR count). The molecule has 1 fully saturated rings. The predicted octanol–water partition coefficient (Wildman–Crippen LogP) is 0.947. The average molecular weight is 186 g/mol. The Bertz CT molecular complexity index is 211. The van der Waals surface area contributed by atoms with E-state index in [4.69, 9.17) is 10.9 Å². The Hall–Kier alpha value is -1.10. The average Bonchev–Trinajstić information content (AvgIpc) is 2.17. The Kier molecular flexibility index (Phi) is 3.25. The molecule has 0 aromatic carbocycles. The van der Waals surface area contributed by atoms with Crippen molar-refractivity contribution < 1.29 is 14.7 Å². The molecule has 3 N–H and O–H groups in total. The number of hydrogen-bond acceptors (Lipinski definition) is 3. The number of carbonyl (C=O) groups excluding carboxylic acids is 1. The molecule has 74 valence electrons. The minimum atomic E-state index is -1.38. The highest BCUT2D eigenvalue weighted by molar-refractivity contribution is 5.91. The Morgan fingerprint density at radius 3 is 2.23 bits per heavy atom. The third-order valence-corrected chi connectivity index (χ3v) is 2.40. The van der Waals surface area contributed by atoms with Gasteiger partial charge in [0.25, 0.3) is 0 Å². The second-order valence-corrected chi connectivity index (χ2v) is 3.33. The number of carboxylic acid groups (broad SMARTS) is 1. The maximum absolute atomic E-state index is 11.4. The fourth-order valence-corrected chi connectivity index (χ4v) is 1.64. The van der Waals surface area contributed by atoms with Crippen molar-refractivity contribution in [3.05, 3.63) is 0 Å². The van der Waals surface area contributed by atoms with E-state index >= 15 is 0 Å². The third kappa shape index (κ3) is 2.42. The second kappa shape index (κ2) is 4.23. The predicted molar refractivity (Wildman–Crippen MR) is 45.6 cm³/mol. The summed E-state index contributed by atoms with van der Waals surface area (Å²) in [6, 6.07) is 0. The Morgan fingerprint density at radius 1 is 1.23 bits per heavy atom. The molecule has 0 spiro atoms. The minimum Gasteiger partial charge on any atom is -0.464 e. The number of rotatable bonds is 1. The number of hydrogen-bond donors (Lipinski definition) is 2. The molecule has 1 saturated carbocycles. The van der Waals surface area contributed by atoms with Crippen LogP contribution in [0.4, 0.5) is 4.79 Å². The number of hydrazine groups is 1. The number of imide groups is 1. The monoisotopic (exact) mass is 186 g/mol. The SMILES string of the molecule is NN(C(=O)O)C(=O)C1CCCCC1. The smallest absolute Gasteiger partial charge is 0.428 e. The minimum absolute atomic E-state index is 0.185. The van der Waals surface area contributed by atoms with Gasteiger partial charge in [-0.3, -0.25) is 4.79 Å². The van der Waals surface area contributed by atoms with Gasteiger partial charge in [0, 0.05) is 5.92 Å². The van der Waals surface area contributed by atoms with E-state index in [-0.39, 0.29) is 5.92 Å². The van der Waals surface area contributed by atoms with Crippen molar-refractivity contribution in [2.24, 2.45) is 11.8 Å². The van der Waals surface area contributed by atoms with Crippen LogP contribution < -0.4 is 5.84 Å². The summed E-state index contributed by atoms with van der Waals surface area (Å²) in [6.07, 6.45) is 3.25. The number of amides is 2. The largest absolute Gasteiger partial charge is 0.464 e. The van der Waals surface area contributed by atoms with Gasteiger partial charge in [-0.25, -0.2) is 10.6 Å². The van der Waals surface area contributed by atoms with Crippen molar-refractivity contribution in [3.63, 3.8) is 0 Å². The molecule has 0 aromatic heterocycles. The zero-order valence-electron chi connectivity index (χ0n) is 7.40. The summed E-state index contributed by atoms with van der Waals surface area (Å²) < 4.78 is 0. The molecule has 13 heavy (non-hydrogen) atoms. The maximum Gasteiger partial charge on any atom is 0.428 e. The molecule has 0 bridgehead atoms. The van der Waals surface area contributed by atoms with E-state index in [1.807, 2.05) is 0 Å². The molecule has 0 atom stereocenters. The highest BCUT2D eigenvalue weighted by atomic mass is 16.4. The quantitative estimate of drug-likeness (QED) is 0.362. The van der Waals surface area contributed by atoms with Crippen LogP contribution in [0.1, 0.15) is 32.1 Å². The summed E-state index contributed by atoms with van der Waals surface area (Å²) in [6.45, 7) is 0. The van der Waals surface area contributed by atoms with Crippen LogP contribution in [0.3, 0.4) is 0 Å². The van der Waals surface area contributed by atoms with Gasteiger partial charge in [0.1, 0.15) is 0 Å². The molecule has 0 aromatic rings. The first-order valence-corrected chi connectivity index (χ1v) is 4.44. The Morgan fingerprint density at radius 2 is 1.77 bits per heavy atom. The van der Waals surface area contributed by atoms with E-state index in [2.05, 4.69) is 0 Å². The molecule has 5 nitrogen and oxygen atoms in total. The highest BCUT2D eigenvalue weighted by Crippen LogP contribution is 2.24. The fraction of sp³-hybridized carbons (Fsp3) is 0.750. The van der Waals surface area contributed by atoms with Gasteiger partial charge in [0.15, 0.2) is 0 Å². The summed E-state index contributed by atoms with van der Waals surface area (Å²) in [4.78, 5) is 21.7. The van der Waals surface area contributed by atoms with E-state index in [1.165, 1.54) is 0 Å². The lowest BCUT2D eigenvalue weighted by molar-refractivity contribution is -0.134. The molecule has 0 unspecified atom stereocenters. The molecule has 5 heteroatoms. The van der Waals surface area contributed by atoms with Gasteiger partial charge >= 0.3 is 6.09 Å². The van der Waals surface area contributed by atoms with Crippen LogP contribution in [-0.2, 0) is 4.79 Å². The molecule has 0 saturated heterocycles. The summed E-state index contributed by atoms with van der Waals surface area (Å²) in [5.74, 6) is 4.42. The fourth-order valence-electron chi connectivity index (χ4n) is 1.64. The van der Waals surface area contributed by atoms with Gasteiger partial charge in [-0.15, -0.1) is 0 Å². The third-order valence-electron chi connectivity index (χ3n) is 2.40. The van der Waals surface area contributed by atoms with Gasteiger partial charge in [-0.2, -0.15) is 5.01 Å². The molecular formula is C8H14N2O3. The van der Waals surface area contributed by atoms with E-state index in [9.17, 15) is 9.59 Å². The Labute approximate surface area is 76.5 Å². The number of carbonyl (C=O) groups is 2. The summed E-state index contributed by atoms with van der Waals surface area (Å²) >= 11 is 0. The van der Waals surface area contributed by atoms with Gasteiger partial charge in [0.05, 0.1) is 0 Å². The van der Waals surface area contributed by atoms with E-state index in [1.54, 1.807) is 0 Å². The van der Waals surface area contributed by atoms with Crippen LogP contribution in [0, 0.1) is 5.92 Å². The van der Waals surface area contributed by atoms with Gasteiger partial charge in [0.2, 0.25) is 5.91 Å². The van der Waals surface area contributed by atoms with Crippen LogP contribution in [0.5, 0.6) is 0 Å². The molecule has 2 amide bonds. The molecule has 0 radical (unpaired) electrons. The lowest BCUT2D eigenvalue weighted by Gasteiger charge is -2.22. The lowest BCUT2D eigenvalue weighted by Crippen LogP contribution is -2.45. The van der Waals surface area contributed by atoms with Gasteiger partial charge in [-0.1, -0.05) is 19.3 Å². The van der Waals surface area contributed by atoms with Crippen LogP contribution >= 0.6 is 0 Å². The van der Waals surface area contributed by atoms with Crippen molar-refractivity contribution in [1.82, 2.24) is 5.01 Å². The first-order chi connectivity index (χ1) is 6.13. The van der Waals surface area contributed by atoms with Crippen LogP contribution in [0.25, 0.3) is 0 Å². The summed E-state index contributed by atoms with van der Waals surface area (Å²) in [7, 11) is 0. The first kappa shape index (κ1) is 9.98. The van der Waals surface area contributed by atoms with Crippen molar-refractivity contribution in [3.8, 4) is 0 Å². The van der Waals surface area contributed by atoms with Crippen molar-refractivity contribution in [1.29, 1.82) is 0 Å². The zero-order chi connectivity index (χ0) is 9.84. The summed E-state index contributed by atoms with van der Waals surface area (Å²) in [5, 5.41) is 8.76. The van der Waals surface area contributed by atoms with Gasteiger partial charge in [-0.05, 0) is 12.8 Å². The van der Waals surface area contributed by atoms with Crippen molar-refractivity contribution >= 4 is 12.0 Å². The number of nitrogens with two attached hydrogens (primary N) is 1. The zero-order valence-corrected chi connectivity index (χ0v) is 7.40. The second-order valence-electron chi connectivity index (χ2n) is 3.33. The lowest BCUT2D eigenvalue weighted by atomic mass is 9.88. The van der Waals surface area contributed by atoms with Crippen LogP contribution in [0.2, 0.25) is 0 Å². The molecular weight excluding hydrogens is 172 g/mol. The van der Waals surface area contributed by atoms with Crippen molar-refractivity contribution in [2.45, 2.75) is 32.1 Å². The van der Waals surface area contributed by atoms with Crippen molar-refractivity contribution in [2.75, 3.05) is 0 Å². The van der Waals surface area contributed by atoms with E-state index in [0.717, 1.165) is 32.1 Å².